The predicted octanol–water partition coefficient (Wildman–Crippen LogP) is 1.88. The van der Waals surface area contributed by atoms with Gasteiger partial charge >= 0.3 is 17.9 Å². The number of nitrogens with one attached hydrogen (secondary N) is 1. The van der Waals surface area contributed by atoms with E-state index in [1.807, 2.05) is 43.3 Å². The molecule has 216 valence electrons. The molecule has 40 heavy (non-hydrogen) atoms. The Balaban J connectivity index is 1.88. The molecule has 1 aromatic carbocycles. The van der Waals surface area contributed by atoms with Gasteiger partial charge in [0, 0.05) is 32.0 Å². The number of carbonyl (C=O) groups excluding carboxylic acids is 4. The van der Waals surface area contributed by atoms with Gasteiger partial charge in [-0.2, -0.15) is 0 Å². The predicted molar refractivity (Wildman–Crippen MR) is 143 cm³/mol. The number of pyridine rings is 1. The molecule has 0 aliphatic carbocycles. The number of amides is 1. The molecule has 1 amide bonds. The van der Waals surface area contributed by atoms with Crippen LogP contribution in [-0.4, -0.2) is 80.0 Å². The highest BCUT2D eigenvalue weighted by atomic mass is 16.6. The van der Waals surface area contributed by atoms with Crippen LogP contribution < -0.4 is 15.0 Å². The summed E-state index contributed by atoms with van der Waals surface area (Å²) in [5.74, 6) is -5.16. The van der Waals surface area contributed by atoms with Crippen molar-refractivity contribution in [1.82, 2.24) is 10.3 Å². The quantitative estimate of drug-likeness (QED) is 0.361. The number of anilines is 1. The third-order valence-electron chi connectivity index (χ3n) is 6.40. The Kier molecular flexibility index (Phi) is 9.92. The highest BCUT2D eigenvalue weighted by Crippen LogP contribution is 2.28. The summed E-state index contributed by atoms with van der Waals surface area (Å²) < 4.78 is 21.7. The average molecular weight is 558 g/mol. The molecule has 4 atom stereocenters. The molecule has 1 aliphatic rings. The van der Waals surface area contributed by atoms with Crippen molar-refractivity contribution in [1.29, 1.82) is 0 Å². The number of aromatic hydroxyl groups is 1. The van der Waals surface area contributed by atoms with Crippen LogP contribution in [0.25, 0.3) is 0 Å². The molecule has 0 unspecified atom stereocenters. The fourth-order valence-electron chi connectivity index (χ4n) is 4.06. The van der Waals surface area contributed by atoms with Crippen molar-refractivity contribution in [2.45, 2.75) is 45.4 Å². The minimum atomic E-state index is -1.43. The second-order valence-corrected chi connectivity index (χ2v) is 9.94. The number of ether oxygens (including phenoxy) is 4. The van der Waals surface area contributed by atoms with Crippen LogP contribution >= 0.6 is 0 Å². The highest BCUT2D eigenvalue weighted by Gasteiger charge is 2.42. The molecule has 2 aromatic rings. The standard InChI is InChI=1S/C28H35N3O9/c1-15(2)26(34)40-24-16(3)39-28(36)20(30-25(33)22-23(32)21(37-6)11-12-29-22)14-38-27(35)19(24)13-17-7-9-18(10-8-17)31(4)5/h7-12,15-16,19-20,24,32H,13-14H2,1-6H3,(H,30,33)/t16-,19+,20-,24-/m0/s1. The molecule has 0 radical (unpaired) electrons. The number of hydrogen-bond acceptors (Lipinski definition) is 11. The van der Waals surface area contributed by atoms with Gasteiger partial charge in [0.2, 0.25) is 0 Å². The van der Waals surface area contributed by atoms with Crippen LogP contribution in [0.5, 0.6) is 11.5 Å². The number of carbonyl (C=O) groups is 4. The van der Waals surface area contributed by atoms with Crippen molar-refractivity contribution in [3.8, 4) is 11.5 Å². The molecule has 1 fully saturated rings. The number of methoxy groups -OCH3 is 1. The third-order valence-corrected chi connectivity index (χ3v) is 6.40. The van der Waals surface area contributed by atoms with E-state index in [0.29, 0.717) is 0 Å². The van der Waals surface area contributed by atoms with E-state index in [9.17, 15) is 24.3 Å². The van der Waals surface area contributed by atoms with Crippen LogP contribution in [-0.2, 0) is 35.0 Å². The number of aromatic nitrogens is 1. The van der Waals surface area contributed by atoms with Gasteiger partial charge in [-0.25, -0.2) is 9.78 Å². The maximum absolute atomic E-state index is 13.4. The Labute approximate surface area is 232 Å². The summed E-state index contributed by atoms with van der Waals surface area (Å²) in [6.07, 6.45) is -0.822. The van der Waals surface area contributed by atoms with Crippen LogP contribution in [0.2, 0.25) is 0 Å². The van der Waals surface area contributed by atoms with Gasteiger partial charge in [-0.15, -0.1) is 0 Å². The van der Waals surface area contributed by atoms with Crippen LogP contribution in [0.4, 0.5) is 5.69 Å². The van der Waals surface area contributed by atoms with Crippen LogP contribution in [0.3, 0.4) is 0 Å². The molecule has 1 aliphatic heterocycles. The largest absolute Gasteiger partial charge is 0.503 e. The van der Waals surface area contributed by atoms with Gasteiger partial charge < -0.3 is 34.3 Å². The van der Waals surface area contributed by atoms with Crippen molar-refractivity contribution >= 4 is 29.5 Å². The van der Waals surface area contributed by atoms with Gasteiger partial charge in [-0.05, 0) is 31.0 Å². The van der Waals surface area contributed by atoms with E-state index < -0.39 is 72.0 Å². The first-order valence-corrected chi connectivity index (χ1v) is 12.8. The normalized spacial score (nSPS) is 21.3. The molecule has 12 nitrogen and oxygen atoms in total. The second-order valence-electron chi connectivity index (χ2n) is 9.94. The van der Waals surface area contributed by atoms with Crippen molar-refractivity contribution in [2.75, 3.05) is 32.7 Å². The highest BCUT2D eigenvalue weighted by molar-refractivity contribution is 5.98. The molecule has 0 saturated carbocycles. The molecular formula is C28H35N3O9. The maximum atomic E-state index is 13.4. The lowest BCUT2D eigenvalue weighted by atomic mass is 9.90. The number of benzene rings is 1. The Bertz CT molecular complexity index is 1230. The summed E-state index contributed by atoms with van der Waals surface area (Å²) in [6.45, 7) is 4.25. The van der Waals surface area contributed by atoms with Crippen molar-refractivity contribution < 1.29 is 43.2 Å². The molecule has 2 heterocycles. The molecule has 1 saturated heterocycles. The molecular weight excluding hydrogens is 522 g/mol. The molecule has 1 aromatic heterocycles. The van der Waals surface area contributed by atoms with E-state index in [2.05, 4.69) is 10.3 Å². The molecule has 0 spiro atoms. The van der Waals surface area contributed by atoms with Crippen molar-refractivity contribution in [3.05, 3.63) is 47.8 Å². The van der Waals surface area contributed by atoms with E-state index in [-0.39, 0.29) is 12.2 Å². The van der Waals surface area contributed by atoms with E-state index in [1.165, 1.54) is 26.3 Å². The first kappa shape index (κ1) is 30.2. The van der Waals surface area contributed by atoms with Crippen molar-refractivity contribution in [3.63, 3.8) is 0 Å². The number of rotatable bonds is 8. The number of nitrogens with zero attached hydrogens (tertiary/aromatic N) is 2. The van der Waals surface area contributed by atoms with E-state index in [1.54, 1.807) is 13.8 Å². The minimum absolute atomic E-state index is 0.00788. The SMILES string of the molecule is COc1ccnc(C(=O)N[C@H]2COC(=O)[C@H](Cc3ccc(N(C)C)cc3)[C@@H](OC(=O)C(C)C)[C@H](C)OC2=O)c1O. The lowest BCUT2D eigenvalue weighted by Gasteiger charge is -2.29. The maximum Gasteiger partial charge on any atom is 0.332 e. The van der Waals surface area contributed by atoms with Crippen LogP contribution in [0, 0.1) is 11.8 Å². The Morgan fingerprint density at radius 2 is 1.82 bits per heavy atom. The zero-order valence-corrected chi connectivity index (χ0v) is 23.4. The zero-order chi connectivity index (χ0) is 29.6. The summed E-state index contributed by atoms with van der Waals surface area (Å²) in [5, 5.41) is 12.7. The molecule has 2 N–H and O–H groups in total. The Morgan fingerprint density at radius 3 is 2.42 bits per heavy atom. The molecule has 0 bridgehead atoms. The molecule has 3 rings (SSSR count). The van der Waals surface area contributed by atoms with Gasteiger partial charge in [0.05, 0.1) is 13.0 Å². The summed E-state index contributed by atoms with van der Waals surface area (Å²) in [7, 11) is 5.12. The third kappa shape index (κ3) is 7.19. The van der Waals surface area contributed by atoms with E-state index in [4.69, 9.17) is 18.9 Å². The van der Waals surface area contributed by atoms with Crippen LogP contribution in [0.15, 0.2) is 36.5 Å². The fraction of sp³-hybridized carbons (Fsp3) is 0.464. The Morgan fingerprint density at radius 1 is 1.15 bits per heavy atom. The smallest absolute Gasteiger partial charge is 0.332 e. The van der Waals surface area contributed by atoms with Gasteiger partial charge in [-0.3, -0.25) is 14.4 Å². The first-order valence-electron chi connectivity index (χ1n) is 12.8. The van der Waals surface area contributed by atoms with E-state index >= 15 is 0 Å². The summed E-state index contributed by atoms with van der Waals surface area (Å²) >= 11 is 0. The molecule has 12 heteroatoms. The lowest BCUT2D eigenvalue weighted by molar-refractivity contribution is -0.176. The summed E-state index contributed by atoms with van der Waals surface area (Å²) in [4.78, 5) is 57.6. The van der Waals surface area contributed by atoms with Crippen LogP contribution in [0.1, 0.15) is 36.8 Å². The topological polar surface area (TPSA) is 154 Å². The summed E-state index contributed by atoms with van der Waals surface area (Å²) in [5.41, 5.74) is 1.34. The van der Waals surface area contributed by atoms with E-state index in [0.717, 1.165) is 11.3 Å². The first-order chi connectivity index (χ1) is 18.9. The number of cyclic esters (lactones) is 2. The minimum Gasteiger partial charge on any atom is -0.503 e. The van der Waals surface area contributed by atoms with Gasteiger partial charge in [0.1, 0.15) is 18.6 Å². The summed E-state index contributed by atoms with van der Waals surface area (Å²) in [6, 6.07) is 7.42. The van der Waals surface area contributed by atoms with Gasteiger partial charge in [0.25, 0.3) is 5.91 Å². The number of esters is 3. The van der Waals surface area contributed by atoms with Gasteiger partial charge in [0.15, 0.2) is 29.3 Å². The van der Waals surface area contributed by atoms with Gasteiger partial charge in [-0.1, -0.05) is 26.0 Å². The average Bonchev–Trinajstić information content (AvgIpc) is 2.95. The zero-order valence-electron chi connectivity index (χ0n) is 23.4. The fourth-order valence-corrected chi connectivity index (χ4v) is 4.06. The lowest BCUT2D eigenvalue weighted by Crippen LogP contribution is -2.47. The Hall–Kier alpha value is -4.35. The monoisotopic (exact) mass is 557 g/mol. The van der Waals surface area contributed by atoms with Crippen molar-refractivity contribution in [2.24, 2.45) is 11.8 Å². The number of hydrogen-bond donors (Lipinski definition) is 2. The second kappa shape index (κ2) is 13.1.